The van der Waals surface area contributed by atoms with E-state index in [1.54, 1.807) is 17.0 Å². The average Bonchev–Trinajstić information content (AvgIpc) is 2.98. The normalized spacial score (nSPS) is 17.3. The van der Waals surface area contributed by atoms with Crippen LogP contribution in [0.5, 0.6) is 0 Å². The second-order valence-electron chi connectivity index (χ2n) is 5.43. The minimum absolute atomic E-state index is 0.141. The molecule has 2 N–H and O–H groups in total. The summed E-state index contributed by atoms with van der Waals surface area (Å²) in [6.07, 6.45) is 2.21. The predicted molar refractivity (Wildman–Crippen MR) is 86.5 cm³/mol. The number of anilines is 1. The highest BCUT2D eigenvalue weighted by atomic mass is 16.2. The SMILES string of the molecule is CCCCN(C)C(=O)C1=NN(c2ccccc2)[C@H](C(N)=O)C1. The molecule has 0 aromatic heterocycles. The minimum Gasteiger partial charge on any atom is -0.368 e. The van der Waals surface area contributed by atoms with Crippen LogP contribution in [-0.4, -0.2) is 42.1 Å². The van der Waals surface area contributed by atoms with E-state index in [4.69, 9.17) is 5.73 Å². The predicted octanol–water partition coefficient (Wildman–Crippen LogP) is 1.37. The van der Waals surface area contributed by atoms with E-state index >= 15 is 0 Å². The fraction of sp³-hybridized carbons (Fsp3) is 0.438. The number of benzene rings is 1. The summed E-state index contributed by atoms with van der Waals surface area (Å²) in [5.74, 6) is -0.621. The quantitative estimate of drug-likeness (QED) is 0.862. The van der Waals surface area contributed by atoms with E-state index in [0.29, 0.717) is 12.3 Å². The van der Waals surface area contributed by atoms with Crippen molar-refractivity contribution in [2.75, 3.05) is 18.6 Å². The van der Waals surface area contributed by atoms with Gasteiger partial charge in [0.15, 0.2) is 0 Å². The zero-order valence-electron chi connectivity index (χ0n) is 13.0. The largest absolute Gasteiger partial charge is 0.368 e. The number of nitrogens with zero attached hydrogens (tertiary/aromatic N) is 3. The average molecular weight is 302 g/mol. The molecule has 0 saturated heterocycles. The summed E-state index contributed by atoms with van der Waals surface area (Å²) in [6.45, 7) is 2.76. The van der Waals surface area contributed by atoms with E-state index in [2.05, 4.69) is 12.0 Å². The van der Waals surface area contributed by atoms with Crippen molar-refractivity contribution < 1.29 is 9.59 Å². The van der Waals surface area contributed by atoms with Gasteiger partial charge in [0.2, 0.25) is 5.91 Å². The Kier molecular flexibility index (Phi) is 5.14. The number of hydrogen-bond acceptors (Lipinski definition) is 4. The van der Waals surface area contributed by atoms with E-state index in [1.165, 1.54) is 0 Å². The number of unbranched alkanes of at least 4 members (excludes halogenated alkanes) is 1. The number of amides is 2. The third kappa shape index (κ3) is 3.44. The number of primary amides is 1. The number of nitrogens with two attached hydrogens (primary N) is 1. The lowest BCUT2D eigenvalue weighted by Crippen LogP contribution is -2.40. The first-order valence-corrected chi connectivity index (χ1v) is 7.51. The van der Waals surface area contributed by atoms with Gasteiger partial charge >= 0.3 is 0 Å². The van der Waals surface area contributed by atoms with Crippen molar-refractivity contribution in [1.82, 2.24) is 4.90 Å². The molecule has 1 aliphatic rings. The molecule has 1 aromatic rings. The molecule has 2 amide bonds. The molecule has 0 radical (unpaired) electrons. The molecule has 0 fully saturated rings. The first-order valence-electron chi connectivity index (χ1n) is 7.51. The van der Waals surface area contributed by atoms with Crippen molar-refractivity contribution >= 4 is 23.2 Å². The van der Waals surface area contributed by atoms with E-state index in [9.17, 15) is 9.59 Å². The maximum atomic E-state index is 12.4. The fourth-order valence-electron chi connectivity index (χ4n) is 2.40. The Balaban J connectivity index is 2.20. The molecule has 0 spiro atoms. The van der Waals surface area contributed by atoms with Crippen LogP contribution in [0.4, 0.5) is 5.69 Å². The van der Waals surface area contributed by atoms with Crippen LogP contribution in [0.25, 0.3) is 0 Å². The van der Waals surface area contributed by atoms with Gasteiger partial charge in [-0.3, -0.25) is 14.6 Å². The number of para-hydroxylation sites is 1. The molecule has 2 rings (SSSR count). The summed E-state index contributed by atoms with van der Waals surface area (Å²) in [5.41, 5.74) is 6.60. The summed E-state index contributed by atoms with van der Waals surface area (Å²) in [5, 5.41) is 5.89. The standard InChI is InChI=1S/C16H22N4O2/c1-3-4-10-19(2)16(22)13-11-14(15(17)21)20(18-13)12-8-6-5-7-9-12/h5-9,14H,3-4,10-11H2,1-2H3,(H2,17,21)/t14-/m0/s1. The topological polar surface area (TPSA) is 79.0 Å². The highest BCUT2D eigenvalue weighted by Crippen LogP contribution is 2.24. The van der Waals surface area contributed by atoms with Gasteiger partial charge in [0.25, 0.3) is 5.91 Å². The van der Waals surface area contributed by atoms with Crippen molar-refractivity contribution in [2.45, 2.75) is 32.2 Å². The van der Waals surface area contributed by atoms with Gasteiger partial charge < -0.3 is 10.6 Å². The van der Waals surface area contributed by atoms with Crippen LogP contribution in [0, 0.1) is 0 Å². The van der Waals surface area contributed by atoms with Crippen LogP contribution in [0.15, 0.2) is 35.4 Å². The van der Waals surface area contributed by atoms with Crippen LogP contribution >= 0.6 is 0 Å². The monoisotopic (exact) mass is 302 g/mol. The number of rotatable bonds is 6. The molecule has 1 heterocycles. The van der Waals surface area contributed by atoms with E-state index in [0.717, 1.165) is 18.5 Å². The second-order valence-corrected chi connectivity index (χ2v) is 5.43. The third-order valence-corrected chi connectivity index (χ3v) is 3.70. The minimum atomic E-state index is -0.610. The molecule has 6 heteroatoms. The summed E-state index contributed by atoms with van der Waals surface area (Å²) in [4.78, 5) is 25.7. The van der Waals surface area contributed by atoms with Gasteiger partial charge in [-0.2, -0.15) is 5.10 Å². The number of hydrogen-bond donors (Lipinski definition) is 1. The molecule has 0 unspecified atom stereocenters. The van der Waals surface area contributed by atoms with Gasteiger partial charge in [-0.25, -0.2) is 0 Å². The molecule has 0 aliphatic carbocycles. The highest BCUT2D eigenvalue weighted by Gasteiger charge is 2.35. The molecular formula is C16H22N4O2. The first-order chi connectivity index (χ1) is 10.5. The summed E-state index contributed by atoms with van der Waals surface area (Å²) in [7, 11) is 1.75. The Hall–Kier alpha value is -2.37. The molecule has 0 bridgehead atoms. The molecule has 0 saturated carbocycles. The number of carbonyl (C=O) groups is 2. The Morgan fingerprint density at radius 1 is 1.36 bits per heavy atom. The summed E-state index contributed by atoms with van der Waals surface area (Å²) in [6, 6.07) is 8.67. The maximum Gasteiger partial charge on any atom is 0.269 e. The molecule has 1 atom stereocenters. The Bertz CT molecular complexity index is 571. The third-order valence-electron chi connectivity index (χ3n) is 3.70. The van der Waals surface area contributed by atoms with Crippen LogP contribution in [0.3, 0.4) is 0 Å². The van der Waals surface area contributed by atoms with Crippen molar-refractivity contribution in [1.29, 1.82) is 0 Å². The van der Waals surface area contributed by atoms with Gasteiger partial charge in [-0.15, -0.1) is 0 Å². The Labute approximate surface area is 130 Å². The van der Waals surface area contributed by atoms with E-state index < -0.39 is 11.9 Å². The zero-order valence-corrected chi connectivity index (χ0v) is 13.0. The van der Waals surface area contributed by atoms with Gasteiger partial charge in [0.05, 0.1) is 5.69 Å². The van der Waals surface area contributed by atoms with Gasteiger partial charge in [-0.05, 0) is 18.6 Å². The van der Waals surface area contributed by atoms with Crippen LogP contribution in [0.2, 0.25) is 0 Å². The fourth-order valence-corrected chi connectivity index (χ4v) is 2.40. The Morgan fingerprint density at radius 3 is 2.64 bits per heavy atom. The molecule has 1 aromatic carbocycles. The van der Waals surface area contributed by atoms with Crippen LogP contribution < -0.4 is 10.7 Å². The highest BCUT2D eigenvalue weighted by molar-refractivity contribution is 6.40. The van der Waals surface area contributed by atoms with E-state index in [1.807, 2.05) is 30.3 Å². The van der Waals surface area contributed by atoms with Crippen molar-refractivity contribution in [3.8, 4) is 0 Å². The van der Waals surface area contributed by atoms with Crippen LogP contribution in [-0.2, 0) is 9.59 Å². The Morgan fingerprint density at radius 2 is 2.05 bits per heavy atom. The van der Waals surface area contributed by atoms with Gasteiger partial charge in [0, 0.05) is 20.0 Å². The lowest BCUT2D eigenvalue weighted by atomic mass is 10.1. The molecular weight excluding hydrogens is 280 g/mol. The smallest absolute Gasteiger partial charge is 0.269 e. The lowest BCUT2D eigenvalue weighted by molar-refractivity contribution is -0.123. The summed E-state index contributed by atoms with van der Waals surface area (Å²) < 4.78 is 0. The second kappa shape index (κ2) is 7.06. The number of hydrazone groups is 1. The molecule has 1 aliphatic heterocycles. The molecule has 22 heavy (non-hydrogen) atoms. The van der Waals surface area contributed by atoms with Crippen LogP contribution in [0.1, 0.15) is 26.2 Å². The first kappa shape index (κ1) is 16.0. The van der Waals surface area contributed by atoms with Crippen molar-refractivity contribution in [3.63, 3.8) is 0 Å². The van der Waals surface area contributed by atoms with Gasteiger partial charge in [0.1, 0.15) is 11.8 Å². The van der Waals surface area contributed by atoms with Crippen molar-refractivity contribution in [3.05, 3.63) is 30.3 Å². The molecule has 118 valence electrons. The molecule has 6 nitrogen and oxygen atoms in total. The lowest BCUT2D eigenvalue weighted by Gasteiger charge is -2.20. The van der Waals surface area contributed by atoms with Gasteiger partial charge in [-0.1, -0.05) is 31.5 Å². The maximum absolute atomic E-state index is 12.4. The zero-order chi connectivity index (χ0) is 16.1. The van der Waals surface area contributed by atoms with Crippen molar-refractivity contribution in [2.24, 2.45) is 10.8 Å². The summed E-state index contributed by atoms with van der Waals surface area (Å²) >= 11 is 0. The number of carbonyl (C=O) groups excluding carboxylic acids is 2. The van der Waals surface area contributed by atoms with E-state index in [-0.39, 0.29) is 12.3 Å².